The fraction of sp³-hybridized carbons (Fsp3) is 0.875. The zero-order chi connectivity index (χ0) is 20.1. The molecule has 0 saturated carbocycles. The smallest absolute Gasteiger partial charge is 0.411 e. The van der Waals surface area contributed by atoms with Gasteiger partial charge in [0.05, 0.1) is 0 Å². The standard InChI is InChI=1S/C16H31F3N4O3/c1-5-20-13(22-10-7-11-25-12-16(17,18)19)21-8-6-9-23-14(24)26-15(2,3)4/h5-12H2,1-4H3,(H,23,24)(H2,20,21,22). The van der Waals surface area contributed by atoms with E-state index in [-0.39, 0.29) is 6.61 Å². The van der Waals surface area contributed by atoms with Crippen LogP contribution in [0.1, 0.15) is 40.5 Å². The average Bonchev–Trinajstić information content (AvgIpc) is 2.47. The van der Waals surface area contributed by atoms with Crippen LogP contribution >= 0.6 is 0 Å². The maximum atomic E-state index is 11.9. The summed E-state index contributed by atoms with van der Waals surface area (Å²) in [6.07, 6.45) is -3.70. The minimum absolute atomic E-state index is 0.0196. The monoisotopic (exact) mass is 384 g/mol. The first-order valence-electron chi connectivity index (χ1n) is 8.67. The molecule has 0 aromatic heterocycles. The number of guanidine groups is 1. The van der Waals surface area contributed by atoms with Crippen molar-refractivity contribution in [2.24, 2.45) is 4.99 Å². The van der Waals surface area contributed by atoms with Gasteiger partial charge in [-0.1, -0.05) is 0 Å². The normalized spacial score (nSPS) is 12.7. The van der Waals surface area contributed by atoms with Crippen molar-refractivity contribution in [1.29, 1.82) is 0 Å². The molecule has 1 amide bonds. The fourth-order valence-electron chi connectivity index (χ4n) is 1.69. The summed E-state index contributed by atoms with van der Waals surface area (Å²) in [5, 5.41) is 8.69. The third-order valence-corrected chi connectivity index (χ3v) is 2.64. The van der Waals surface area contributed by atoms with Crippen LogP contribution < -0.4 is 16.0 Å². The second-order valence-electron chi connectivity index (χ2n) is 6.49. The summed E-state index contributed by atoms with van der Waals surface area (Å²) in [6.45, 7) is 8.09. The molecule has 0 fully saturated rings. The molecule has 0 heterocycles. The lowest BCUT2D eigenvalue weighted by Crippen LogP contribution is -2.38. The Morgan fingerprint density at radius 1 is 1.04 bits per heavy atom. The Hall–Kier alpha value is -1.71. The van der Waals surface area contributed by atoms with Gasteiger partial charge in [0.25, 0.3) is 0 Å². The molecule has 0 aliphatic rings. The van der Waals surface area contributed by atoms with E-state index >= 15 is 0 Å². The zero-order valence-corrected chi connectivity index (χ0v) is 16.0. The minimum Gasteiger partial charge on any atom is -0.444 e. The summed E-state index contributed by atoms with van der Waals surface area (Å²) < 4.78 is 45.4. The molecule has 0 aliphatic heterocycles. The van der Waals surface area contributed by atoms with Gasteiger partial charge in [-0.2, -0.15) is 13.2 Å². The molecule has 3 N–H and O–H groups in total. The fourth-order valence-corrected chi connectivity index (χ4v) is 1.69. The first-order valence-corrected chi connectivity index (χ1v) is 8.67. The van der Waals surface area contributed by atoms with Crippen LogP contribution in [0.4, 0.5) is 18.0 Å². The number of alkyl carbamates (subject to hydrolysis) is 1. The molecular formula is C16H31F3N4O3. The largest absolute Gasteiger partial charge is 0.444 e. The number of carbonyl (C=O) groups excluding carboxylic acids is 1. The first-order chi connectivity index (χ1) is 12.0. The summed E-state index contributed by atoms with van der Waals surface area (Å²) in [6, 6.07) is 0. The van der Waals surface area contributed by atoms with Crippen LogP contribution in [-0.4, -0.2) is 63.2 Å². The van der Waals surface area contributed by atoms with E-state index in [2.05, 4.69) is 25.7 Å². The van der Waals surface area contributed by atoms with E-state index in [1.807, 2.05) is 6.92 Å². The molecule has 0 aliphatic carbocycles. The van der Waals surface area contributed by atoms with E-state index in [0.717, 1.165) is 0 Å². The molecular weight excluding hydrogens is 353 g/mol. The molecule has 0 unspecified atom stereocenters. The Kier molecular flexibility index (Phi) is 11.8. The molecule has 0 rings (SSSR count). The van der Waals surface area contributed by atoms with E-state index < -0.39 is 24.5 Å². The highest BCUT2D eigenvalue weighted by molar-refractivity contribution is 5.79. The van der Waals surface area contributed by atoms with Crippen molar-refractivity contribution < 1.29 is 27.4 Å². The lowest BCUT2D eigenvalue weighted by Gasteiger charge is -2.19. The number of aliphatic imine (C=N–C) groups is 1. The molecule has 0 aromatic carbocycles. The molecule has 26 heavy (non-hydrogen) atoms. The molecule has 0 radical (unpaired) electrons. The number of ether oxygens (including phenoxy) is 2. The summed E-state index contributed by atoms with van der Waals surface area (Å²) in [5.74, 6) is 0.570. The predicted molar refractivity (Wildman–Crippen MR) is 94.3 cm³/mol. The van der Waals surface area contributed by atoms with Crippen LogP contribution in [0.5, 0.6) is 0 Å². The summed E-state index contributed by atoms with van der Waals surface area (Å²) >= 11 is 0. The van der Waals surface area contributed by atoms with Crippen LogP contribution in [0.15, 0.2) is 4.99 Å². The van der Waals surface area contributed by atoms with Crippen molar-refractivity contribution in [2.45, 2.75) is 52.3 Å². The quantitative estimate of drug-likeness (QED) is 0.306. The van der Waals surface area contributed by atoms with Crippen LogP contribution in [0.3, 0.4) is 0 Å². The maximum Gasteiger partial charge on any atom is 0.411 e. The Morgan fingerprint density at radius 3 is 2.27 bits per heavy atom. The number of halogens is 3. The average molecular weight is 384 g/mol. The van der Waals surface area contributed by atoms with Gasteiger partial charge in [-0.25, -0.2) is 4.79 Å². The van der Waals surface area contributed by atoms with Gasteiger partial charge >= 0.3 is 12.3 Å². The van der Waals surface area contributed by atoms with Crippen LogP contribution in [-0.2, 0) is 9.47 Å². The molecule has 0 atom stereocenters. The third kappa shape index (κ3) is 17.1. The minimum atomic E-state index is -4.29. The highest BCUT2D eigenvalue weighted by atomic mass is 19.4. The first kappa shape index (κ1) is 24.3. The molecule has 0 spiro atoms. The summed E-state index contributed by atoms with van der Waals surface area (Å²) in [4.78, 5) is 15.8. The summed E-state index contributed by atoms with van der Waals surface area (Å²) in [7, 11) is 0. The lowest BCUT2D eigenvalue weighted by atomic mass is 10.2. The molecule has 7 nitrogen and oxygen atoms in total. The van der Waals surface area contributed by atoms with Gasteiger partial charge in [0, 0.05) is 32.8 Å². The van der Waals surface area contributed by atoms with Crippen molar-refractivity contribution in [1.82, 2.24) is 16.0 Å². The third-order valence-electron chi connectivity index (χ3n) is 2.64. The highest BCUT2D eigenvalue weighted by Crippen LogP contribution is 2.14. The number of nitrogens with zero attached hydrogens (tertiary/aromatic N) is 1. The molecule has 0 bridgehead atoms. The second kappa shape index (κ2) is 12.6. The van der Waals surface area contributed by atoms with Gasteiger partial charge in [0.1, 0.15) is 12.2 Å². The lowest BCUT2D eigenvalue weighted by molar-refractivity contribution is -0.173. The number of carbonyl (C=O) groups is 1. The van der Waals surface area contributed by atoms with Gasteiger partial charge in [0.15, 0.2) is 5.96 Å². The Balaban J connectivity index is 3.90. The van der Waals surface area contributed by atoms with Crippen LogP contribution in [0.25, 0.3) is 0 Å². The van der Waals surface area contributed by atoms with Gasteiger partial charge in [-0.15, -0.1) is 0 Å². The predicted octanol–water partition coefficient (Wildman–Crippen LogP) is 2.43. The number of rotatable bonds is 10. The van der Waals surface area contributed by atoms with E-state index in [1.165, 1.54) is 0 Å². The highest BCUT2D eigenvalue weighted by Gasteiger charge is 2.27. The van der Waals surface area contributed by atoms with Crippen molar-refractivity contribution in [2.75, 3.05) is 39.4 Å². The SMILES string of the molecule is CCNC(=NCCCNC(=O)OC(C)(C)C)NCCCOCC(F)(F)F. The molecule has 0 aromatic rings. The molecule has 10 heteroatoms. The number of hydrogen-bond acceptors (Lipinski definition) is 4. The number of amides is 1. The van der Waals surface area contributed by atoms with Gasteiger partial charge in [0.2, 0.25) is 0 Å². The van der Waals surface area contributed by atoms with E-state index in [9.17, 15) is 18.0 Å². The van der Waals surface area contributed by atoms with E-state index in [1.54, 1.807) is 20.8 Å². The van der Waals surface area contributed by atoms with E-state index in [4.69, 9.17) is 4.74 Å². The van der Waals surface area contributed by atoms with Gasteiger partial charge in [-0.3, -0.25) is 4.99 Å². The topological polar surface area (TPSA) is 84.0 Å². The number of hydrogen-bond donors (Lipinski definition) is 3. The Labute approximate surface area is 153 Å². The van der Waals surface area contributed by atoms with E-state index in [0.29, 0.717) is 45.0 Å². The van der Waals surface area contributed by atoms with Gasteiger partial charge in [-0.05, 0) is 40.5 Å². The van der Waals surface area contributed by atoms with Crippen molar-refractivity contribution in [3.8, 4) is 0 Å². The number of alkyl halides is 3. The molecule has 154 valence electrons. The van der Waals surface area contributed by atoms with Crippen molar-refractivity contribution >= 4 is 12.1 Å². The summed E-state index contributed by atoms with van der Waals surface area (Å²) in [5.41, 5.74) is -0.534. The Morgan fingerprint density at radius 2 is 1.69 bits per heavy atom. The van der Waals surface area contributed by atoms with Crippen molar-refractivity contribution in [3.63, 3.8) is 0 Å². The van der Waals surface area contributed by atoms with Crippen LogP contribution in [0, 0.1) is 0 Å². The van der Waals surface area contributed by atoms with Gasteiger partial charge < -0.3 is 25.4 Å². The number of nitrogens with one attached hydrogen (secondary N) is 3. The zero-order valence-electron chi connectivity index (χ0n) is 16.0. The second-order valence-corrected chi connectivity index (χ2v) is 6.49. The molecule has 0 saturated heterocycles. The van der Waals surface area contributed by atoms with Crippen LogP contribution in [0.2, 0.25) is 0 Å². The van der Waals surface area contributed by atoms with Crippen molar-refractivity contribution in [3.05, 3.63) is 0 Å². The maximum absolute atomic E-state index is 11.9. The Bertz CT molecular complexity index is 424.